The topological polar surface area (TPSA) is 106 Å². The molecule has 3 N–H and O–H groups in total. The largest absolute Gasteiger partial charge is 0.494 e. The average Bonchev–Trinajstić information content (AvgIpc) is 2.71. The van der Waals surface area contributed by atoms with Crippen LogP contribution in [0.15, 0.2) is 24.3 Å². The summed E-state index contributed by atoms with van der Waals surface area (Å²) in [6.07, 6.45) is 1.23. The van der Waals surface area contributed by atoms with Gasteiger partial charge in [-0.1, -0.05) is 26.0 Å². The van der Waals surface area contributed by atoms with Crippen LogP contribution in [0.2, 0.25) is 0 Å². The third-order valence-corrected chi connectivity index (χ3v) is 5.03. The lowest BCUT2D eigenvalue weighted by Gasteiger charge is -2.26. The summed E-state index contributed by atoms with van der Waals surface area (Å²) in [6.45, 7) is 4.01. The van der Waals surface area contributed by atoms with Crippen molar-refractivity contribution in [3.05, 3.63) is 29.8 Å². The first-order chi connectivity index (χ1) is 13.8. The standard InChI is InChI=1S/C20H28ClN3O5/c1-12(2)17-19(26)22-15(20(27)28-3)5-4-10-29-14-8-6-13(7-9-14)11-16(24-21)18(25)23-17/h6-9,12,15-17,24H,4-5,10-11H2,1-3H3,(H,22,26)(H,23,25)/t15-,16-,17-/m0/s1. The molecule has 2 aliphatic rings. The molecule has 0 aromatic heterocycles. The van der Waals surface area contributed by atoms with Crippen molar-refractivity contribution >= 4 is 29.6 Å². The molecule has 2 bridgehead atoms. The molecule has 1 aromatic rings. The molecule has 2 amide bonds. The molecule has 0 aliphatic carbocycles. The minimum Gasteiger partial charge on any atom is -0.494 e. The molecule has 0 spiro atoms. The van der Waals surface area contributed by atoms with Gasteiger partial charge in [0.1, 0.15) is 23.9 Å². The molecule has 29 heavy (non-hydrogen) atoms. The SMILES string of the molecule is COC(=O)[C@@H]1CCCOc2ccc(cc2)C[C@H](NCl)C(=O)N[C@@H](C(C)C)C(=O)N1. The molecule has 0 saturated carbocycles. The fourth-order valence-corrected chi connectivity index (χ4v) is 3.23. The van der Waals surface area contributed by atoms with Gasteiger partial charge in [0.05, 0.1) is 13.7 Å². The van der Waals surface area contributed by atoms with Crippen LogP contribution in [0.25, 0.3) is 0 Å². The Bertz CT molecular complexity index is 711. The van der Waals surface area contributed by atoms with Crippen LogP contribution >= 0.6 is 11.8 Å². The van der Waals surface area contributed by atoms with Crippen molar-refractivity contribution in [3.8, 4) is 5.75 Å². The second-order valence-electron chi connectivity index (χ2n) is 7.32. The smallest absolute Gasteiger partial charge is 0.328 e. The molecule has 2 heterocycles. The highest BCUT2D eigenvalue weighted by atomic mass is 35.5. The monoisotopic (exact) mass is 425 g/mol. The maximum absolute atomic E-state index is 12.8. The summed E-state index contributed by atoms with van der Waals surface area (Å²) in [7, 11) is 1.27. The van der Waals surface area contributed by atoms with Crippen LogP contribution in [-0.2, 0) is 25.5 Å². The van der Waals surface area contributed by atoms with Gasteiger partial charge in [-0.05, 0) is 54.7 Å². The van der Waals surface area contributed by atoms with Gasteiger partial charge in [0.25, 0.3) is 0 Å². The fourth-order valence-electron chi connectivity index (χ4n) is 3.06. The fraction of sp³-hybridized carbons (Fsp3) is 0.550. The van der Waals surface area contributed by atoms with E-state index >= 15 is 0 Å². The van der Waals surface area contributed by atoms with Gasteiger partial charge in [-0.3, -0.25) is 9.59 Å². The van der Waals surface area contributed by atoms with Gasteiger partial charge < -0.3 is 20.1 Å². The number of benzene rings is 1. The van der Waals surface area contributed by atoms with Crippen LogP contribution in [-0.4, -0.2) is 49.6 Å². The van der Waals surface area contributed by atoms with Gasteiger partial charge in [-0.15, -0.1) is 0 Å². The van der Waals surface area contributed by atoms with Crippen LogP contribution in [0.1, 0.15) is 32.3 Å². The normalized spacial score (nSPS) is 23.8. The highest BCUT2D eigenvalue weighted by Gasteiger charge is 2.31. The predicted octanol–water partition coefficient (Wildman–Crippen LogP) is 1.31. The summed E-state index contributed by atoms with van der Waals surface area (Å²) in [5, 5.41) is 5.43. The zero-order valence-electron chi connectivity index (χ0n) is 16.9. The number of amides is 2. The van der Waals surface area contributed by atoms with E-state index in [0.29, 0.717) is 31.6 Å². The Kier molecular flexibility index (Phi) is 8.72. The van der Waals surface area contributed by atoms with Gasteiger partial charge >= 0.3 is 5.97 Å². The first-order valence-electron chi connectivity index (χ1n) is 9.62. The Balaban J connectivity index is 2.29. The lowest BCUT2D eigenvalue weighted by atomic mass is 10.0. The van der Waals surface area contributed by atoms with E-state index in [2.05, 4.69) is 15.5 Å². The van der Waals surface area contributed by atoms with Crippen molar-refractivity contribution in [2.75, 3.05) is 13.7 Å². The molecule has 1 aromatic carbocycles. The summed E-state index contributed by atoms with van der Waals surface area (Å²) >= 11 is 5.79. The number of methoxy groups -OCH3 is 1. The van der Waals surface area contributed by atoms with Crippen LogP contribution in [0.4, 0.5) is 0 Å². The minimum atomic E-state index is -0.827. The van der Waals surface area contributed by atoms with Crippen molar-refractivity contribution in [1.82, 2.24) is 15.5 Å². The number of hydrogen-bond donors (Lipinski definition) is 3. The van der Waals surface area contributed by atoms with E-state index in [1.54, 1.807) is 0 Å². The molecule has 2 aliphatic heterocycles. The van der Waals surface area contributed by atoms with Gasteiger partial charge in [0.15, 0.2) is 0 Å². The molecule has 0 fully saturated rings. The van der Waals surface area contributed by atoms with E-state index in [0.717, 1.165) is 5.56 Å². The van der Waals surface area contributed by atoms with Gasteiger partial charge in [0.2, 0.25) is 11.8 Å². The van der Waals surface area contributed by atoms with E-state index < -0.39 is 35.9 Å². The van der Waals surface area contributed by atoms with Gasteiger partial charge in [-0.2, -0.15) is 0 Å². The van der Waals surface area contributed by atoms with Crippen molar-refractivity contribution in [2.24, 2.45) is 5.92 Å². The quantitative estimate of drug-likeness (QED) is 0.498. The van der Waals surface area contributed by atoms with E-state index in [1.165, 1.54) is 7.11 Å². The minimum absolute atomic E-state index is 0.199. The molecule has 3 rings (SSSR count). The molecular formula is C20H28ClN3O5. The Labute approximate surface area is 175 Å². The molecule has 160 valence electrons. The van der Waals surface area contributed by atoms with Crippen LogP contribution in [0.5, 0.6) is 5.75 Å². The van der Waals surface area contributed by atoms with E-state index in [9.17, 15) is 14.4 Å². The summed E-state index contributed by atoms with van der Waals surface area (Å²) in [4.78, 5) is 40.1. The van der Waals surface area contributed by atoms with Crippen LogP contribution < -0.4 is 20.2 Å². The zero-order chi connectivity index (χ0) is 21.4. The molecular weight excluding hydrogens is 398 g/mol. The maximum Gasteiger partial charge on any atom is 0.328 e. The third kappa shape index (κ3) is 6.61. The van der Waals surface area contributed by atoms with Gasteiger partial charge in [-0.25, -0.2) is 9.63 Å². The van der Waals surface area contributed by atoms with Crippen molar-refractivity contribution in [2.45, 2.75) is 51.2 Å². The Morgan fingerprint density at radius 3 is 2.48 bits per heavy atom. The molecule has 0 radical (unpaired) electrons. The first-order valence-corrected chi connectivity index (χ1v) is 10.00. The van der Waals surface area contributed by atoms with E-state index in [4.69, 9.17) is 21.3 Å². The second kappa shape index (κ2) is 11.0. The van der Waals surface area contributed by atoms with Crippen molar-refractivity contribution in [1.29, 1.82) is 0 Å². The zero-order valence-corrected chi connectivity index (χ0v) is 17.6. The number of rotatable bonds is 3. The number of fused-ring (bicyclic) bond motifs is 13. The number of carbonyl (C=O) groups excluding carboxylic acids is 3. The number of hydrogen-bond acceptors (Lipinski definition) is 6. The summed E-state index contributed by atoms with van der Waals surface area (Å²) in [5.41, 5.74) is 0.897. The van der Waals surface area contributed by atoms with Gasteiger partial charge in [0, 0.05) is 0 Å². The second-order valence-corrected chi connectivity index (χ2v) is 7.53. The Hall–Kier alpha value is -2.32. The third-order valence-electron chi connectivity index (χ3n) is 4.77. The molecule has 0 unspecified atom stereocenters. The van der Waals surface area contributed by atoms with Crippen LogP contribution in [0, 0.1) is 5.92 Å². The molecule has 8 nitrogen and oxygen atoms in total. The lowest BCUT2D eigenvalue weighted by Crippen LogP contribution is -2.56. The van der Waals surface area contributed by atoms with E-state index in [1.807, 2.05) is 38.1 Å². The van der Waals surface area contributed by atoms with Crippen LogP contribution in [0.3, 0.4) is 0 Å². The first kappa shape index (κ1) is 23.0. The van der Waals surface area contributed by atoms with Crippen molar-refractivity contribution in [3.63, 3.8) is 0 Å². The average molecular weight is 426 g/mol. The Morgan fingerprint density at radius 2 is 1.90 bits per heavy atom. The Morgan fingerprint density at radius 1 is 1.21 bits per heavy atom. The maximum atomic E-state index is 12.8. The summed E-state index contributed by atoms with van der Waals surface area (Å²) in [6, 6.07) is 4.98. The molecule has 9 heteroatoms. The number of esters is 1. The molecule has 3 atom stereocenters. The highest BCUT2D eigenvalue weighted by molar-refractivity contribution is 6.15. The predicted molar refractivity (Wildman–Crippen MR) is 108 cm³/mol. The number of carbonyl (C=O) groups is 3. The van der Waals surface area contributed by atoms with E-state index in [-0.39, 0.29) is 5.92 Å². The van der Waals surface area contributed by atoms with Crippen molar-refractivity contribution < 1.29 is 23.9 Å². The number of nitrogens with one attached hydrogen (secondary N) is 3. The summed E-state index contributed by atoms with van der Waals surface area (Å²) in [5.74, 6) is -0.920. The lowest BCUT2D eigenvalue weighted by molar-refractivity contribution is -0.145. The number of halogens is 1. The number of ether oxygens (including phenoxy) is 2. The summed E-state index contributed by atoms with van der Waals surface area (Å²) < 4.78 is 10.5. The highest BCUT2D eigenvalue weighted by Crippen LogP contribution is 2.15. The molecule has 0 saturated heterocycles.